The Hall–Kier alpha value is -6.27. The van der Waals surface area contributed by atoms with Crippen molar-refractivity contribution in [3.05, 3.63) is 114 Å². The zero-order chi connectivity index (χ0) is 39.4. The molecule has 0 aliphatic heterocycles. The van der Waals surface area contributed by atoms with E-state index in [-0.39, 0.29) is 23.5 Å². The molecule has 288 valence electrons. The van der Waals surface area contributed by atoms with Gasteiger partial charge in [-0.05, 0) is 103 Å². The van der Waals surface area contributed by atoms with Crippen LogP contribution in [0.25, 0.3) is 17.1 Å². The molecule has 1 atom stereocenters. The summed E-state index contributed by atoms with van der Waals surface area (Å²) in [6, 6.07) is 24.7. The van der Waals surface area contributed by atoms with Crippen LogP contribution < -0.4 is 25.4 Å². The number of aryl methyl sites for hydroxylation is 2. The molecule has 0 fully saturated rings. The van der Waals surface area contributed by atoms with Crippen LogP contribution in [0, 0.1) is 13.8 Å². The summed E-state index contributed by atoms with van der Waals surface area (Å²) in [5, 5.41) is 24.0. The fourth-order valence-electron chi connectivity index (χ4n) is 4.90. The molecule has 1 amide bonds. The number of aromatic nitrogens is 3. The standard InChI is InChI=1S/C37H36F3N7O7S/c1-23-17-30(51-3)18-24(2)32(23)44-35(55-22-53-31(48)19-41-36(50)52-20-25-7-5-4-6-8-25)45-34(49)43-27-11-9-26(10-12-27)33-42-21-47(46-33)28-13-15-29(16-14-28)54-37(38,39)40/h4-18,21,34,43,49H,19-20,22H2,1-3H3,(H,41,50)(H,44,45). The molecule has 5 rings (SSSR count). The van der Waals surface area contributed by atoms with E-state index in [1.807, 2.05) is 44.2 Å². The molecule has 4 N–H and O–H groups in total. The fourth-order valence-corrected chi connectivity index (χ4v) is 5.55. The number of carbonyl (C=O) groups excluding carboxylic acids is 2. The minimum atomic E-state index is -4.79. The van der Waals surface area contributed by atoms with E-state index in [0.29, 0.717) is 34.2 Å². The van der Waals surface area contributed by atoms with Crippen LogP contribution in [0.2, 0.25) is 0 Å². The van der Waals surface area contributed by atoms with E-state index in [9.17, 15) is 27.9 Å². The van der Waals surface area contributed by atoms with Crippen LogP contribution in [0.3, 0.4) is 0 Å². The molecule has 0 aliphatic rings. The molecular weight excluding hydrogens is 744 g/mol. The number of halogens is 3. The van der Waals surface area contributed by atoms with Crippen molar-refractivity contribution in [2.24, 2.45) is 4.99 Å². The minimum Gasteiger partial charge on any atom is -0.497 e. The van der Waals surface area contributed by atoms with Crippen molar-refractivity contribution in [1.82, 2.24) is 20.1 Å². The average molecular weight is 780 g/mol. The highest BCUT2D eigenvalue weighted by Crippen LogP contribution is 2.28. The van der Waals surface area contributed by atoms with Crippen molar-refractivity contribution < 1.29 is 46.8 Å². The first-order valence-corrected chi connectivity index (χ1v) is 17.4. The van der Waals surface area contributed by atoms with Gasteiger partial charge in [0, 0.05) is 16.9 Å². The molecule has 0 saturated heterocycles. The number of aliphatic hydroxyl groups is 1. The van der Waals surface area contributed by atoms with Gasteiger partial charge in [0.05, 0.1) is 12.8 Å². The van der Waals surface area contributed by atoms with E-state index in [1.54, 1.807) is 43.5 Å². The number of esters is 1. The number of hydrogen-bond acceptors (Lipinski definition) is 12. The Balaban J connectivity index is 1.19. The number of amidine groups is 1. The molecule has 0 spiro atoms. The molecule has 18 heteroatoms. The number of alkyl halides is 3. The van der Waals surface area contributed by atoms with Gasteiger partial charge < -0.3 is 40.0 Å². The van der Waals surface area contributed by atoms with E-state index in [0.717, 1.165) is 28.5 Å². The van der Waals surface area contributed by atoms with Crippen molar-refractivity contribution in [1.29, 1.82) is 0 Å². The molecule has 5 aromatic rings. The van der Waals surface area contributed by atoms with Gasteiger partial charge in [-0.1, -0.05) is 30.3 Å². The first-order valence-electron chi connectivity index (χ1n) is 16.4. The first kappa shape index (κ1) is 39.9. The number of methoxy groups -OCH3 is 1. The molecule has 4 aromatic carbocycles. The Bertz CT molecular complexity index is 2060. The number of rotatable bonds is 14. The van der Waals surface area contributed by atoms with Gasteiger partial charge in [0.25, 0.3) is 0 Å². The molecule has 1 aromatic heterocycles. The smallest absolute Gasteiger partial charge is 0.497 e. The number of amides is 1. The maximum absolute atomic E-state index is 12.5. The number of aliphatic imine (C=N–C) groups is 1. The lowest BCUT2D eigenvalue weighted by molar-refractivity contribution is -0.274. The van der Waals surface area contributed by atoms with E-state index in [4.69, 9.17) is 14.2 Å². The quantitative estimate of drug-likeness (QED) is 0.0404. The highest BCUT2D eigenvalue weighted by atomic mass is 32.2. The summed E-state index contributed by atoms with van der Waals surface area (Å²) in [4.78, 5) is 33.0. The minimum absolute atomic E-state index is 0.0455. The predicted molar refractivity (Wildman–Crippen MR) is 200 cm³/mol. The molecule has 1 heterocycles. The fraction of sp³-hybridized carbons (Fsp3) is 0.216. The number of nitrogens with one attached hydrogen (secondary N) is 3. The Labute approximate surface area is 317 Å². The Morgan fingerprint density at radius 3 is 2.29 bits per heavy atom. The maximum Gasteiger partial charge on any atom is 0.573 e. The van der Waals surface area contributed by atoms with Crippen molar-refractivity contribution in [2.75, 3.05) is 30.2 Å². The monoisotopic (exact) mass is 779 g/mol. The summed E-state index contributed by atoms with van der Waals surface area (Å²) in [7, 11) is 1.57. The summed E-state index contributed by atoms with van der Waals surface area (Å²) in [5.41, 5.74) is 4.77. The van der Waals surface area contributed by atoms with Gasteiger partial charge in [0.2, 0.25) is 6.35 Å². The lowest BCUT2D eigenvalue weighted by Crippen LogP contribution is -2.31. The summed E-state index contributed by atoms with van der Waals surface area (Å²) < 4.78 is 58.5. The zero-order valence-electron chi connectivity index (χ0n) is 29.7. The number of ether oxygens (including phenoxy) is 4. The van der Waals surface area contributed by atoms with Crippen LogP contribution in [0.4, 0.5) is 29.3 Å². The Kier molecular flexibility index (Phi) is 13.5. The Morgan fingerprint density at radius 2 is 1.64 bits per heavy atom. The van der Waals surface area contributed by atoms with Gasteiger partial charge >= 0.3 is 18.4 Å². The molecule has 1 unspecified atom stereocenters. The number of thioether (sulfide) groups is 1. The average Bonchev–Trinajstić information content (AvgIpc) is 3.65. The van der Waals surface area contributed by atoms with Crippen LogP contribution in [-0.2, 0) is 20.9 Å². The van der Waals surface area contributed by atoms with Gasteiger partial charge in [-0.2, -0.15) is 0 Å². The normalized spacial score (nSPS) is 12.0. The summed E-state index contributed by atoms with van der Waals surface area (Å²) in [6.07, 6.45) is -5.59. The lowest BCUT2D eigenvalue weighted by atomic mass is 10.1. The second kappa shape index (κ2) is 18.7. The third-order valence-electron chi connectivity index (χ3n) is 7.48. The van der Waals surface area contributed by atoms with E-state index in [2.05, 4.69) is 35.8 Å². The number of anilines is 2. The van der Waals surface area contributed by atoms with Crippen molar-refractivity contribution >= 4 is 40.4 Å². The second-order valence-electron chi connectivity index (χ2n) is 11.5. The highest BCUT2D eigenvalue weighted by Gasteiger charge is 2.31. The van der Waals surface area contributed by atoms with Gasteiger partial charge in [0.1, 0.15) is 36.9 Å². The van der Waals surface area contributed by atoms with Crippen molar-refractivity contribution in [3.8, 4) is 28.6 Å². The predicted octanol–water partition coefficient (Wildman–Crippen LogP) is 6.77. The topological polar surface area (TPSA) is 170 Å². The number of hydrogen-bond donors (Lipinski definition) is 4. The number of nitrogens with zero attached hydrogens (tertiary/aromatic N) is 4. The van der Waals surface area contributed by atoms with Crippen molar-refractivity contribution in [2.45, 2.75) is 33.2 Å². The molecule has 0 radical (unpaired) electrons. The van der Waals surface area contributed by atoms with E-state index < -0.39 is 31.3 Å². The number of carbonyl (C=O) groups is 2. The summed E-state index contributed by atoms with van der Waals surface area (Å²) in [5.74, 6) is -0.261. The molecule has 14 nitrogen and oxygen atoms in total. The molecule has 0 bridgehead atoms. The first-order chi connectivity index (χ1) is 26.3. The Morgan fingerprint density at radius 1 is 0.945 bits per heavy atom. The van der Waals surface area contributed by atoms with Gasteiger partial charge in [0.15, 0.2) is 11.0 Å². The van der Waals surface area contributed by atoms with Gasteiger partial charge in [-0.3, -0.25) is 4.79 Å². The van der Waals surface area contributed by atoms with E-state index >= 15 is 0 Å². The van der Waals surface area contributed by atoms with Crippen LogP contribution in [0.5, 0.6) is 11.5 Å². The summed E-state index contributed by atoms with van der Waals surface area (Å²) in [6.45, 7) is 3.37. The zero-order valence-corrected chi connectivity index (χ0v) is 30.5. The largest absolute Gasteiger partial charge is 0.573 e. The lowest BCUT2D eigenvalue weighted by Gasteiger charge is -2.18. The van der Waals surface area contributed by atoms with Crippen LogP contribution in [0.15, 0.2) is 102 Å². The van der Waals surface area contributed by atoms with Crippen LogP contribution in [-0.4, -0.2) is 69.4 Å². The van der Waals surface area contributed by atoms with Crippen LogP contribution in [0.1, 0.15) is 16.7 Å². The third kappa shape index (κ3) is 12.4. The van der Waals surface area contributed by atoms with Crippen LogP contribution >= 0.6 is 11.8 Å². The number of alkyl carbamates (subject to hydrolysis) is 1. The van der Waals surface area contributed by atoms with Gasteiger partial charge in [-0.25, -0.2) is 19.5 Å². The number of benzene rings is 4. The maximum atomic E-state index is 12.5. The summed E-state index contributed by atoms with van der Waals surface area (Å²) >= 11 is 1.00. The van der Waals surface area contributed by atoms with E-state index in [1.165, 1.54) is 35.3 Å². The molecular formula is C37H36F3N7O7S. The second-order valence-corrected chi connectivity index (χ2v) is 12.5. The van der Waals surface area contributed by atoms with Gasteiger partial charge in [-0.15, -0.1) is 18.3 Å². The molecule has 55 heavy (non-hydrogen) atoms. The van der Waals surface area contributed by atoms with Crippen molar-refractivity contribution in [3.63, 3.8) is 0 Å². The third-order valence-corrected chi connectivity index (χ3v) is 8.20. The molecule has 0 saturated carbocycles. The SMILES string of the molecule is COc1cc(C)c(NC(=NC(O)Nc2ccc(-c3ncn(-c4ccc(OC(F)(F)F)cc4)n3)cc2)SCOC(=O)CNC(=O)OCc2ccccc2)c(C)c1. The molecule has 0 aliphatic carbocycles. The highest BCUT2D eigenvalue weighted by molar-refractivity contribution is 8.14. The number of aliphatic hydroxyl groups excluding tert-OH is 1.